The summed E-state index contributed by atoms with van der Waals surface area (Å²) >= 11 is 0. The van der Waals surface area contributed by atoms with Crippen LogP contribution in [0, 0.1) is 0 Å². The normalized spacial score (nSPS) is 13.1. The molecule has 0 aromatic heterocycles. The molecule has 0 atom stereocenters. The Morgan fingerprint density at radius 2 is 1.64 bits per heavy atom. The molecule has 0 aliphatic heterocycles. The van der Waals surface area contributed by atoms with Crippen molar-refractivity contribution < 1.29 is 22.7 Å². The number of carbonyl (C=O) groups excluding carboxylic acids is 1. The number of hydrogen-bond donors (Lipinski definition) is 1. The van der Waals surface area contributed by atoms with Crippen LogP contribution in [0.3, 0.4) is 0 Å². The Morgan fingerprint density at radius 3 is 2.08 bits per heavy atom. The molecule has 0 bridgehead atoms. The van der Waals surface area contributed by atoms with Crippen LogP contribution in [-0.2, 0) is 16.3 Å². The minimum absolute atomic E-state index is 0.0472. The smallest absolute Gasteiger partial charge is 0.416 e. The second kappa shape index (κ2) is 7.23. The Labute approximate surface area is 147 Å². The number of halogens is 3. The van der Waals surface area contributed by atoms with Gasteiger partial charge >= 0.3 is 12.3 Å². The Kier molecular flexibility index (Phi) is 6.16. The third-order valence-electron chi connectivity index (χ3n) is 3.41. The monoisotopic (exact) mass is 360 g/mol. The molecule has 7 heteroatoms. The molecule has 0 unspecified atom stereocenters. The van der Waals surface area contributed by atoms with E-state index in [1.807, 2.05) is 19.0 Å². The quantitative estimate of drug-likeness (QED) is 0.831. The van der Waals surface area contributed by atoms with E-state index < -0.39 is 28.8 Å². The standard InChI is InChI=1S/C18H27F3N2O2/c1-16(2,3)25-15(24)22-12-8-9-13(14(10-12)18(19,20)21)17(4,5)11-23(6)7/h8-10H,11H2,1-7H3,(H,22,24). The number of amides is 1. The zero-order chi connectivity index (χ0) is 19.6. The average Bonchev–Trinajstić information content (AvgIpc) is 2.33. The van der Waals surface area contributed by atoms with Gasteiger partial charge in [-0.15, -0.1) is 0 Å². The van der Waals surface area contributed by atoms with E-state index in [0.717, 1.165) is 6.07 Å². The summed E-state index contributed by atoms with van der Waals surface area (Å²) in [6.45, 7) is 9.02. The third kappa shape index (κ3) is 6.57. The minimum Gasteiger partial charge on any atom is -0.444 e. The van der Waals surface area contributed by atoms with Gasteiger partial charge in [-0.25, -0.2) is 4.79 Å². The maximum absolute atomic E-state index is 13.5. The van der Waals surface area contributed by atoms with Crippen LogP contribution in [0.5, 0.6) is 0 Å². The van der Waals surface area contributed by atoms with Crippen LogP contribution in [0.25, 0.3) is 0 Å². The van der Waals surface area contributed by atoms with Gasteiger partial charge in [0, 0.05) is 17.6 Å². The predicted octanol–water partition coefficient (Wildman–Crippen LogP) is 4.89. The van der Waals surface area contributed by atoms with Crippen LogP contribution in [0.1, 0.15) is 45.7 Å². The molecule has 1 rings (SSSR count). The molecule has 0 fully saturated rings. The lowest BCUT2D eigenvalue weighted by molar-refractivity contribution is -0.138. The van der Waals surface area contributed by atoms with Gasteiger partial charge in [-0.05, 0) is 52.6 Å². The first-order chi connectivity index (χ1) is 11.1. The summed E-state index contributed by atoms with van der Waals surface area (Å²) in [5, 5.41) is 2.36. The van der Waals surface area contributed by atoms with Crippen molar-refractivity contribution in [2.24, 2.45) is 0 Å². The summed E-state index contributed by atoms with van der Waals surface area (Å²) in [4.78, 5) is 13.6. The molecule has 0 saturated carbocycles. The van der Waals surface area contributed by atoms with Gasteiger partial charge in [0.2, 0.25) is 0 Å². The summed E-state index contributed by atoms with van der Waals surface area (Å²) in [7, 11) is 3.63. The van der Waals surface area contributed by atoms with Gasteiger partial charge in [-0.3, -0.25) is 5.32 Å². The van der Waals surface area contributed by atoms with Crippen molar-refractivity contribution in [3.8, 4) is 0 Å². The number of rotatable bonds is 4. The van der Waals surface area contributed by atoms with Crippen LogP contribution >= 0.6 is 0 Å². The average molecular weight is 360 g/mol. The summed E-state index contributed by atoms with van der Waals surface area (Å²) in [5.74, 6) is 0. The molecule has 0 radical (unpaired) electrons. The lowest BCUT2D eigenvalue weighted by Crippen LogP contribution is -2.34. The molecule has 0 aliphatic carbocycles. The number of likely N-dealkylation sites (N-methyl/N-ethyl adjacent to an activating group) is 1. The molecule has 1 N–H and O–H groups in total. The van der Waals surface area contributed by atoms with Crippen LogP contribution < -0.4 is 5.32 Å². The van der Waals surface area contributed by atoms with Crippen LogP contribution in [-0.4, -0.2) is 37.2 Å². The van der Waals surface area contributed by atoms with Crippen molar-refractivity contribution in [1.29, 1.82) is 0 Å². The fraction of sp³-hybridized carbons (Fsp3) is 0.611. The van der Waals surface area contributed by atoms with E-state index in [0.29, 0.717) is 6.54 Å². The van der Waals surface area contributed by atoms with Gasteiger partial charge in [-0.2, -0.15) is 13.2 Å². The van der Waals surface area contributed by atoms with Crippen molar-refractivity contribution in [3.63, 3.8) is 0 Å². The summed E-state index contributed by atoms with van der Waals surface area (Å²) in [6.07, 6.45) is -5.31. The van der Waals surface area contributed by atoms with Gasteiger partial charge in [0.1, 0.15) is 5.60 Å². The summed E-state index contributed by atoms with van der Waals surface area (Å²) in [6, 6.07) is 3.83. The number of nitrogens with zero attached hydrogens (tertiary/aromatic N) is 1. The first-order valence-corrected chi connectivity index (χ1v) is 7.98. The largest absolute Gasteiger partial charge is 0.444 e. The molecule has 25 heavy (non-hydrogen) atoms. The molecule has 1 aromatic carbocycles. The topological polar surface area (TPSA) is 41.6 Å². The number of anilines is 1. The summed E-state index contributed by atoms with van der Waals surface area (Å²) in [5.41, 5.74) is -1.97. The van der Waals surface area contributed by atoms with Crippen molar-refractivity contribution in [2.45, 2.75) is 51.8 Å². The summed E-state index contributed by atoms with van der Waals surface area (Å²) < 4.78 is 45.7. The van der Waals surface area contributed by atoms with E-state index in [1.54, 1.807) is 34.6 Å². The first-order valence-electron chi connectivity index (χ1n) is 7.98. The molecule has 142 valence electrons. The number of alkyl halides is 3. The zero-order valence-electron chi connectivity index (χ0n) is 15.8. The molecule has 0 heterocycles. The van der Waals surface area contributed by atoms with Gasteiger partial charge in [0.25, 0.3) is 0 Å². The van der Waals surface area contributed by atoms with Gasteiger partial charge in [-0.1, -0.05) is 19.9 Å². The van der Waals surface area contributed by atoms with Crippen LogP contribution in [0.2, 0.25) is 0 Å². The lowest BCUT2D eigenvalue weighted by atomic mass is 9.81. The van der Waals surface area contributed by atoms with Gasteiger partial charge < -0.3 is 9.64 Å². The van der Waals surface area contributed by atoms with E-state index >= 15 is 0 Å². The highest BCUT2D eigenvalue weighted by atomic mass is 19.4. The third-order valence-corrected chi connectivity index (χ3v) is 3.41. The van der Waals surface area contributed by atoms with Crippen molar-refractivity contribution in [1.82, 2.24) is 4.90 Å². The maximum atomic E-state index is 13.5. The highest BCUT2D eigenvalue weighted by Gasteiger charge is 2.38. The van der Waals surface area contributed by atoms with E-state index in [1.165, 1.54) is 12.1 Å². The fourth-order valence-corrected chi connectivity index (χ4v) is 2.74. The molecular weight excluding hydrogens is 333 g/mol. The molecule has 0 spiro atoms. The van der Waals surface area contributed by atoms with Crippen LogP contribution in [0.4, 0.5) is 23.7 Å². The Balaban J connectivity index is 3.22. The second-order valence-corrected chi connectivity index (χ2v) is 8.01. The number of carbonyl (C=O) groups is 1. The highest BCUT2D eigenvalue weighted by Crippen LogP contribution is 2.39. The van der Waals surface area contributed by atoms with Crippen molar-refractivity contribution in [3.05, 3.63) is 29.3 Å². The van der Waals surface area contributed by atoms with Crippen LogP contribution in [0.15, 0.2) is 18.2 Å². The van der Waals surface area contributed by atoms with Gasteiger partial charge in [0.05, 0.1) is 5.56 Å². The SMILES string of the molecule is CN(C)CC(C)(C)c1ccc(NC(=O)OC(C)(C)C)cc1C(F)(F)F. The number of nitrogens with one attached hydrogen (secondary N) is 1. The lowest BCUT2D eigenvalue weighted by Gasteiger charge is -2.31. The molecule has 1 aromatic rings. The first kappa shape index (κ1) is 21.3. The van der Waals surface area contributed by atoms with E-state index in [9.17, 15) is 18.0 Å². The highest BCUT2D eigenvalue weighted by molar-refractivity contribution is 5.85. The number of benzene rings is 1. The maximum Gasteiger partial charge on any atom is 0.416 e. The number of hydrogen-bond acceptors (Lipinski definition) is 3. The Bertz CT molecular complexity index is 618. The Hall–Kier alpha value is -1.76. The molecule has 1 amide bonds. The Morgan fingerprint density at radius 1 is 1.08 bits per heavy atom. The molecule has 0 saturated heterocycles. The molecule has 4 nitrogen and oxygen atoms in total. The van der Waals surface area contributed by atoms with E-state index in [-0.39, 0.29) is 11.3 Å². The minimum atomic E-state index is -4.52. The zero-order valence-corrected chi connectivity index (χ0v) is 15.8. The van der Waals surface area contributed by atoms with Gasteiger partial charge in [0.15, 0.2) is 0 Å². The molecular formula is C18H27F3N2O2. The number of ether oxygens (including phenoxy) is 1. The van der Waals surface area contributed by atoms with Crippen molar-refractivity contribution in [2.75, 3.05) is 26.0 Å². The molecule has 0 aliphatic rings. The fourth-order valence-electron chi connectivity index (χ4n) is 2.74. The van der Waals surface area contributed by atoms with E-state index in [2.05, 4.69) is 5.32 Å². The predicted molar refractivity (Wildman–Crippen MR) is 92.9 cm³/mol. The van der Waals surface area contributed by atoms with E-state index in [4.69, 9.17) is 4.74 Å². The second-order valence-electron chi connectivity index (χ2n) is 8.01. The van der Waals surface area contributed by atoms with Crippen molar-refractivity contribution >= 4 is 11.8 Å².